The summed E-state index contributed by atoms with van der Waals surface area (Å²) in [5.41, 5.74) is 2.21. The molecule has 2 aliphatic rings. The average Bonchev–Trinajstić information content (AvgIpc) is 3.27. The Kier molecular flexibility index (Phi) is 3.00. The van der Waals surface area contributed by atoms with Crippen LogP contribution in [-0.2, 0) is 0 Å². The number of nitrogens with zero attached hydrogens (tertiary/aromatic N) is 7. The Balaban J connectivity index is 1.40. The molecule has 25 heavy (non-hydrogen) atoms. The molecule has 1 unspecified atom stereocenters. The Morgan fingerprint density at radius 1 is 1.12 bits per heavy atom. The van der Waals surface area contributed by atoms with Crippen molar-refractivity contribution in [2.75, 3.05) is 24.5 Å². The number of fused-ring (bicyclic) bond motifs is 1. The summed E-state index contributed by atoms with van der Waals surface area (Å²) in [6, 6.07) is 1.80. The van der Waals surface area contributed by atoms with Crippen molar-refractivity contribution in [2.24, 2.45) is 0 Å². The number of hydrogen-bond acceptors (Lipinski definition) is 6. The molecule has 126 valence electrons. The standard InChI is InChI=1S/C17H17N7O/c25-16(14-10-21-24-5-1-4-20-15(14)24)22-6-2-17(11-22)3-7-23(17)13-8-18-12-19-9-13/h1,4-5,8-10,12H,2-3,6-7,11H2. The minimum Gasteiger partial charge on any atom is -0.361 e. The van der Waals surface area contributed by atoms with Gasteiger partial charge in [-0.05, 0) is 18.9 Å². The van der Waals surface area contributed by atoms with Crippen LogP contribution in [0.15, 0.2) is 43.4 Å². The summed E-state index contributed by atoms with van der Waals surface area (Å²) in [6.45, 7) is 2.44. The second-order valence-electron chi connectivity index (χ2n) is 6.65. The van der Waals surface area contributed by atoms with Gasteiger partial charge in [0, 0.05) is 32.0 Å². The lowest BCUT2D eigenvalue weighted by atomic mass is 9.83. The van der Waals surface area contributed by atoms with Crippen molar-refractivity contribution in [3.05, 3.63) is 48.9 Å². The molecule has 0 saturated carbocycles. The number of carbonyl (C=O) groups is 1. The van der Waals surface area contributed by atoms with Crippen LogP contribution in [0.2, 0.25) is 0 Å². The summed E-state index contributed by atoms with van der Waals surface area (Å²) < 4.78 is 1.63. The molecule has 0 aromatic carbocycles. The highest BCUT2D eigenvalue weighted by atomic mass is 16.2. The molecule has 0 radical (unpaired) electrons. The first-order valence-corrected chi connectivity index (χ1v) is 8.37. The number of hydrogen-bond donors (Lipinski definition) is 0. The zero-order valence-corrected chi connectivity index (χ0v) is 13.6. The number of rotatable bonds is 2. The van der Waals surface area contributed by atoms with Crippen LogP contribution in [0, 0.1) is 0 Å². The number of amides is 1. The Bertz CT molecular complexity index is 940. The van der Waals surface area contributed by atoms with Gasteiger partial charge < -0.3 is 9.80 Å². The first-order chi connectivity index (χ1) is 12.3. The predicted molar refractivity (Wildman–Crippen MR) is 90.2 cm³/mol. The van der Waals surface area contributed by atoms with Gasteiger partial charge in [0.15, 0.2) is 5.65 Å². The molecule has 2 aliphatic heterocycles. The van der Waals surface area contributed by atoms with E-state index in [-0.39, 0.29) is 11.4 Å². The lowest BCUT2D eigenvalue weighted by Gasteiger charge is -2.51. The van der Waals surface area contributed by atoms with Gasteiger partial charge in [0.2, 0.25) is 0 Å². The Morgan fingerprint density at radius 2 is 1.96 bits per heavy atom. The van der Waals surface area contributed by atoms with E-state index in [0.29, 0.717) is 17.8 Å². The van der Waals surface area contributed by atoms with Crippen molar-refractivity contribution in [3.8, 4) is 0 Å². The molecule has 3 aromatic heterocycles. The molecule has 0 N–H and O–H groups in total. The summed E-state index contributed by atoms with van der Waals surface area (Å²) in [5, 5.41) is 4.22. The Hall–Kier alpha value is -3.03. The van der Waals surface area contributed by atoms with Crippen molar-refractivity contribution in [2.45, 2.75) is 18.4 Å². The first kappa shape index (κ1) is 14.3. The fraction of sp³-hybridized carbons (Fsp3) is 0.353. The zero-order chi connectivity index (χ0) is 16.9. The van der Waals surface area contributed by atoms with Crippen molar-refractivity contribution < 1.29 is 4.79 Å². The van der Waals surface area contributed by atoms with E-state index in [2.05, 4.69) is 25.0 Å². The van der Waals surface area contributed by atoms with Crippen LogP contribution in [-0.4, -0.2) is 60.5 Å². The van der Waals surface area contributed by atoms with Gasteiger partial charge in [0.25, 0.3) is 5.91 Å². The number of carbonyl (C=O) groups excluding carboxylic acids is 1. The minimum absolute atomic E-state index is 0.00161. The molecule has 1 amide bonds. The second kappa shape index (κ2) is 5.23. The summed E-state index contributed by atoms with van der Waals surface area (Å²) >= 11 is 0. The smallest absolute Gasteiger partial charge is 0.259 e. The molecular weight excluding hydrogens is 318 g/mol. The fourth-order valence-corrected chi connectivity index (χ4v) is 3.98. The van der Waals surface area contributed by atoms with Crippen LogP contribution in [0.3, 0.4) is 0 Å². The van der Waals surface area contributed by atoms with E-state index in [0.717, 1.165) is 31.6 Å². The van der Waals surface area contributed by atoms with E-state index in [1.54, 1.807) is 35.5 Å². The molecule has 2 fully saturated rings. The van der Waals surface area contributed by atoms with Crippen LogP contribution >= 0.6 is 0 Å². The van der Waals surface area contributed by atoms with Crippen LogP contribution in [0.1, 0.15) is 23.2 Å². The average molecular weight is 335 g/mol. The third-order valence-corrected chi connectivity index (χ3v) is 5.36. The summed E-state index contributed by atoms with van der Waals surface area (Å²) in [7, 11) is 0. The first-order valence-electron chi connectivity index (χ1n) is 8.37. The van der Waals surface area contributed by atoms with Crippen LogP contribution in [0.25, 0.3) is 5.65 Å². The highest BCUT2D eigenvalue weighted by Crippen LogP contribution is 2.42. The summed E-state index contributed by atoms with van der Waals surface area (Å²) in [4.78, 5) is 29.8. The summed E-state index contributed by atoms with van der Waals surface area (Å²) in [6.07, 6.45) is 12.4. The van der Waals surface area contributed by atoms with Crippen molar-refractivity contribution in [1.82, 2.24) is 29.5 Å². The largest absolute Gasteiger partial charge is 0.361 e. The highest BCUT2D eigenvalue weighted by Gasteiger charge is 2.50. The Morgan fingerprint density at radius 3 is 2.76 bits per heavy atom. The van der Waals surface area contributed by atoms with E-state index in [1.165, 1.54) is 0 Å². The van der Waals surface area contributed by atoms with Gasteiger partial charge in [0.1, 0.15) is 11.9 Å². The van der Waals surface area contributed by atoms with Gasteiger partial charge in [-0.15, -0.1) is 0 Å². The Labute approximate surface area is 144 Å². The van der Waals surface area contributed by atoms with E-state index in [1.807, 2.05) is 17.3 Å². The number of anilines is 1. The molecule has 0 bridgehead atoms. The van der Waals surface area contributed by atoms with Gasteiger partial charge in [-0.2, -0.15) is 5.10 Å². The quantitative estimate of drug-likeness (QED) is 0.695. The molecule has 5 rings (SSSR count). The molecule has 0 aliphatic carbocycles. The predicted octanol–water partition coefficient (Wildman–Crippen LogP) is 1.01. The normalized spacial score (nSPS) is 22.6. The van der Waals surface area contributed by atoms with Crippen molar-refractivity contribution >= 4 is 17.2 Å². The topological polar surface area (TPSA) is 79.5 Å². The molecule has 1 atom stereocenters. The van der Waals surface area contributed by atoms with Gasteiger partial charge in [-0.3, -0.25) is 4.79 Å². The minimum atomic E-state index is 0.00161. The molecule has 3 aromatic rings. The number of likely N-dealkylation sites (tertiary alicyclic amines) is 1. The fourth-order valence-electron chi connectivity index (χ4n) is 3.98. The summed E-state index contributed by atoms with van der Waals surface area (Å²) in [5.74, 6) is 0.00161. The SMILES string of the molecule is O=C(c1cnn2cccnc12)N1CCC2(CCN2c2cncnc2)C1. The van der Waals surface area contributed by atoms with Gasteiger partial charge >= 0.3 is 0 Å². The maximum Gasteiger partial charge on any atom is 0.259 e. The molecule has 8 heteroatoms. The van der Waals surface area contributed by atoms with E-state index in [4.69, 9.17) is 0 Å². The maximum absolute atomic E-state index is 13.0. The lowest BCUT2D eigenvalue weighted by molar-refractivity contribution is 0.0778. The number of aromatic nitrogens is 5. The molecular formula is C17H17N7O. The molecule has 1 spiro atoms. The third-order valence-electron chi connectivity index (χ3n) is 5.36. The van der Waals surface area contributed by atoms with E-state index >= 15 is 0 Å². The molecule has 5 heterocycles. The van der Waals surface area contributed by atoms with Crippen LogP contribution < -0.4 is 4.90 Å². The monoisotopic (exact) mass is 335 g/mol. The van der Waals surface area contributed by atoms with E-state index < -0.39 is 0 Å². The van der Waals surface area contributed by atoms with Crippen molar-refractivity contribution in [3.63, 3.8) is 0 Å². The van der Waals surface area contributed by atoms with Gasteiger partial charge in [0.05, 0.1) is 29.8 Å². The lowest BCUT2D eigenvalue weighted by Crippen LogP contribution is -2.62. The van der Waals surface area contributed by atoms with Gasteiger partial charge in [-0.1, -0.05) is 0 Å². The molecule has 2 saturated heterocycles. The second-order valence-corrected chi connectivity index (χ2v) is 6.65. The third kappa shape index (κ3) is 2.10. The van der Waals surface area contributed by atoms with E-state index in [9.17, 15) is 4.79 Å². The van der Waals surface area contributed by atoms with Crippen LogP contribution in [0.5, 0.6) is 0 Å². The van der Waals surface area contributed by atoms with Crippen molar-refractivity contribution in [1.29, 1.82) is 0 Å². The highest BCUT2D eigenvalue weighted by molar-refractivity contribution is 5.99. The van der Waals surface area contributed by atoms with Crippen LogP contribution in [0.4, 0.5) is 5.69 Å². The molecule has 8 nitrogen and oxygen atoms in total. The maximum atomic E-state index is 13.0. The van der Waals surface area contributed by atoms with Gasteiger partial charge in [-0.25, -0.2) is 19.5 Å². The zero-order valence-electron chi connectivity index (χ0n) is 13.6.